The molecule has 1 rings (SSSR count). The largest absolute Gasteiger partial charge is 0.469 e. The van der Waals surface area contributed by atoms with Gasteiger partial charge in [-0.1, -0.05) is 0 Å². The fourth-order valence-corrected chi connectivity index (χ4v) is 2.11. The second kappa shape index (κ2) is 4.94. The van der Waals surface area contributed by atoms with Crippen LogP contribution in [0.15, 0.2) is 0 Å². The Hall–Kier alpha value is -0.610. The van der Waals surface area contributed by atoms with Gasteiger partial charge in [0.2, 0.25) is 0 Å². The van der Waals surface area contributed by atoms with Crippen LogP contribution in [-0.2, 0) is 9.53 Å². The maximum atomic E-state index is 11.4. The summed E-state index contributed by atoms with van der Waals surface area (Å²) in [5.74, 6) is -0.754. The van der Waals surface area contributed by atoms with E-state index in [1.807, 2.05) is 7.05 Å². The molecule has 2 unspecified atom stereocenters. The molecule has 1 fully saturated rings. The molecule has 0 aromatic rings. The number of nitrogens with zero attached hydrogens (tertiary/aromatic N) is 1. The van der Waals surface area contributed by atoms with Crippen molar-refractivity contribution in [3.63, 3.8) is 0 Å². The second-order valence-corrected chi connectivity index (χ2v) is 4.51. The topological polar surface area (TPSA) is 49.8 Å². The molecule has 1 aliphatic rings. The molecule has 2 atom stereocenters. The van der Waals surface area contributed by atoms with Gasteiger partial charge in [-0.05, 0) is 39.8 Å². The number of aliphatic hydroxyl groups is 1. The monoisotopic (exact) mass is 215 g/mol. The lowest BCUT2D eigenvalue weighted by atomic mass is 9.82. The van der Waals surface area contributed by atoms with Gasteiger partial charge in [-0.25, -0.2) is 0 Å². The number of likely N-dealkylation sites (tertiary alicyclic amines) is 1. The highest BCUT2D eigenvalue weighted by Crippen LogP contribution is 2.30. The summed E-state index contributed by atoms with van der Waals surface area (Å²) in [6, 6.07) is 0. The number of hydrogen-bond donors (Lipinski definition) is 1. The van der Waals surface area contributed by atoms with Crippen molar-refractivity contribution in [2.24, 2.45) is 5.92 Å². The van der Waals surface area contributed by atoms with Crippen molar-refractivity contribution in [1.29, 1.82) is 0 Å². The lowest BCUT2D eigenvalue weighted by Gasteiger charge is -2.31. The number of hydrogen-bond acceptors (Lipinski definition) is 4. The van der Waals surface area contributed by atoms with Gasteiger partial charge in [0.1, 0.15) is 0 Å². The lowest BCUT2D eigenvalue weighted by Crippen LogP contribution is -2.42. The van der Waals surface area contributed by atoms with Crippen LogP contribution in [0.5, 0.6) is 0 Å². The molecule has 0 aliphatic carbocycles. The van der Waals surface area contributed by atoms with E-state index in [9.17, 15) is 9.90 Å². The quantitative estimate of drug-likeness (QED) is 0.687. The molecule has 0 amide bonds. The first-order valence-electron chi connectivity index (χ1n) is 5.48. The van der Waals surface area contributed by atoms with Crippen LogP contribution in [0.25, 0.3) is 0 Å². The van der Waals surface area contributed by atoms with Gasteiger partial charge in [-0.15, -0.1) is 0 Å². The van der Waals surface area contributed by atoms with E-state index in [1.54, 1.807) is 6.92 Å². The Labute approximate surface area is 91.2 Å². The maximum Gasteiger partial charge on any atom is 0.311 e. The fourth-order valence-electron chi connectivity index (χ4n) is 2.11. The summed E-state index contributed by atoms with van der Waals surface area (Å²) in [4.78, 5) is 13.6. The zero-order valence-electron chi connectivity index (χ0n) is 9.82. The van der Waals surface area contributed by atoms with Crippen molar-refractivity contribution < 1.29 is 14.6 Å². The molecule has 1 N–H and O–H groups in total. The molecule has 88 valence electrons. The van der Waals surface area contributed by atoms with E-state index < -0.39 is 11.5 Å². The van der Waals surface area contributed by atoms with Gasteiger partial charge in [0, 0.05) is 6.54 Å². The first-order valence-corrected chi connectivity index (χ1v) is 5.48. The van der Waals surface area contributed by atoms with Crippen LogP contribution in [0.4, 0.5) is 0 Å². The average Bonchev–Trinajstić information content (AvgIpc) is 2.40. The van der Waals surface area contributed by atoms with Crippen molar-refractivity contribution in [2.45, 2.75) is 31.8 Å². The van der Waals surface area contributed by atoms with Crippen molar-refractivity contribution in [1.82, 2.24) is 4.90 Å². The molecular weight excluding hydrogens is 194 g/mol. The highest BCUT2D eigenvalue weighted by molar-refractivity contribution is 5.73. The highest BCUT2D eigenvalue weighted by Gasteiger charge is 2.39. The molecule has 0 saturated carbocycles. The standard InChI is InChI=1S/C11H21NO3/c1-9(10(13)15-3)11(14)5-4-7-12(2)8-6-11/h9,14H,4-8H2,1-3H3. The van der Waals surface area contributed by atoms with Crippen LogP contribution in [0.2, 0.25) is 0 Å². The Kier molecular flexibility index (Phi) is 4.11. The number of rotatable bonds is 2. The van der Waals surface area contributed by atoms with E-state index in [2.05, 4.69) is 9.64 Å². The van der Waals surface area contributed by atoms with E-state index in [-0.39, 0.29) is 5.97 Å². The first-order chi connectivity index (χ1) is 6.99. The maximum absolute atomic E-state index is 11.4. The van der Waals surface area contributed by atoms with E-state index in [0.29, 0.717) is 12.8 Å². The number of esters is 1. The molecule has 15 heavy (non-hydrogen) atoms. The number of methoxy groups -OCH3 is 1. The highest BCUT2D eigenvalue weighted by atomic mass is 16.5. The molecular formula is C11H21NO3. The van der Waals surface area contributed by atoms with E-state index >= 15 is 0 Å². The number of carbonyl (C=O) groups excluding carboxylic acids is 1. The van der Waals surface area contributed by atoms with Crippen molar-refractivity contribution >= 4 is 5.97 Å². The van der Waals surface area contributed by atoms with E-state index in [0.717, 1.165) is 19.5 Å². The van der Waals surface area contributed by atoms with Crippen molar-refractivity contribution in [2.75, 3.05) is 27.2 Å². The summed E-state index contributed by atoms with van der Waals surface area (Å²) in [5, 5.41) is 10.4. The van der Waals surface area contributed by atoms with Crippen LogP contribution in [-0.4, -0.2) is 48.8 Å². The van der Waals surface area contributed by atoms with Crippen LogP contribution in [0.1, 0.15) is 26.2 Å². The van der Waals surface area contributed by atoms with Gasteiger partial charge in [0.15, 0.2) is 0 Å². The Morgan fingerprint density at radius 1 is 1.47 bits per heavy atom. The zero-order chi connectivity index (χ0) is 11.5. The van der Waals surface area contributed by atoms with E-state index in [4.69, 9.17) is 0 Å². The third-order valence-electron chi connectivity index (χ3n) is 3.44. The van der Waals surface area contributed by atoms with Gasteiger partial charge in [0.05, 0.1) is 18.6 Å². The fraction of sp³-hybridized carbons (Fsp3) is 0.909. The molecule has 4 heteroatoms. The SMILES string of the molecule is COC(=O)C(C)C1(O)CCCN(C)CC1. The number of ether oxygens (including phenoxy) is 1. The first kappa shape index (κ1) is 12.5. The van der Waals surface area contributed by atoms with Gasteiger partial charge in [-0.2, -0.15) is 0 Å². The third kappa shape index (κ3) is 2.92. The van der Waals surface area contributed by atoms with Gasteiger partial charge in [0.25, 0.3) is 0 Å². The Morgan fingerprint density at radius 2 is 2.13 bits per heavy atom. The minimum absolute atomic E-state index is 0.318. The summed E-state index contributed by atoms with van der Waals surface area (Å²) < 4.78 is 4.69. The van der Waals surface area contributed by atoms with Crippen LogP contribution >= 0.6 is 0 Å². The average molecular weight is 215 g/mol. The van der Waals surface area contributed by atoms with Crippen molar-refractivity contribution in [3.8, 4) is 0 Å². The van der Waals surface area contributed by atoms with Crippen LogP contribution < -0.4 is 0 Å². The predicted octanol–water partition coefficient (Wildman–Crippen LogP) is 0.642. The summed E-state index contributed by atoms with van der Waals surface area (Å²) in [6.07, 6.45) is 2.24. The molecule has 0 aromatic carbocycles. The summed E-state index contributed by atoms with van der Waals surface area (Å²) in [5.41, 5.74) is -0.891. The Bertz CT molecular complexity index is 232. The van der Waals surface area contributed by atoms with E-state index in [1.165, 1.54) is 7.11 Å². The molecule has 1 heterocycles. The summed E-state index contributed by atoms with van der Waals surface area (Å²) >= 11 is 0. The van der Waals surface area contributed by atoms with Crippen LogP contribution in [0, 0.1) is 5.92 Å². The summed E-state index contributed by atoms with van der Waals surface area (Å²) in [7, 11) is 3.40. The molecule has 0 spiro atoms. The van der Waals surface area contributed by atoms with Gasteiger partial charge >= 0.3 is 5.97 Å². The normalized spacial score (nSPS) is 30.7. The van der Waals surface area contributed by atoms with Crippen molar-refractivity contribution in [3.05, 3.63) is 0 Å². The Balaban J connectivity index is 2.67. The smallest absolute Gasteiger partial charge is 0.311 e. The molecule has 1 aliphatic heterocycles. The molecule has 0 aromatic heterocycles. The molecule has 1 saturated heterocycles. The molecule has 0 radical (unpaired) electrons. The zero-order valence-corrected chi connectivity index (χ0v) is 9.82. The second-order valence-electron chi connectivity index (χ2n) is 4.51. The van der Waals surface area contributed by atoms with Gasteiger partial charge < -0.3 is 14.7 Å². The molecule has 4 nitrogen and oxygen atoms in total. The third-order valence-corrected chi connectivity index (χ3v) is 3.44. The summed E-state index contributed by atoms with van der Waals surface area (Å²) in [6.45, 7) is 3.56. The molecule has 0 bridgehead atoms. The van der Waals surface area contributed by atoms with Crippen LogP contribution in [0.3, 0.4) is 0 Å². The predicted molar refractivity (Wildman–Crippen MR) is 57.5 cm³/mol. The lowest BCUT2D eigenvalue weighted by molar-refractivity contribution is -0.155. The number of carbonyl (C=O) groups is 1. The minimum Gasteiger partial charge on any atom is -0.469 e. The minimum atomic E-state index is -0.891. The van der Waals surface area contributed by atoms with Gasteiger partial charge in [-0.3, -0.25) is 4.79 Å². The Morgan fingerprint density at radius 3 is 2.73 bits per heavy atom.